The first kappa shape index (κ1) is 22.6. The largest absolute Gasteiger partial charge is 0.368 e. The highest BCUT2D eigenvalue weighted by Crippen LogP contribution is 2.25. The summed E-state index contributed by atoms with van der Waals surface area (Å²) >= 11 is 12.2. The molecule has 9 heteroatoms. The minimum Gasteiger partial charge on any atom is -0.368 e. The maximum atomic E-state index is 14.0. The van der Waals surface area contributed by atoms with Crippen molar-refractivity contribution in [2.24, 2.45) is 5.73 Å². The third-order valence-corrected chi connectivity index (χ3v) is 4.91. The lowest BCUT2D eigenvalue weighted by Crippen LogP contribution is -2.54. The average molecular weight is 440 g/mol. The van der Waals surface area contributed by atoms with Crippen LogP contribution in [0.1, 0.15) is 18.1 Å². The molecule has 0 saturated heterocycles. The molecule has 2 atom stereocenters. The molecule has 0 heterocycles. The Kier molecular flexibility index (Phi) is 7.99. The molecule has 0 fully saturated rings. The number of rotatable bonds is 8. The highest BCUT2D eigenvalue weighted by molar-refractivity contribution is 6.36. The third kappa shape index (κ3) is 6.44. The van der Waals surface area contributed by atoms with Crippen LogP contribution in [0.25, 0.3) is 0 Å². The number of benzene rings is 2. The molecule has 29 heavy (non-hydrogen) atoms. The molecular formula is C20H20Cl2FN3O3. The van der Waals surface area contributed by atoms with Gasteiger partial charge in [-0.3, -0.25) is 14.4 Å². The number of carbonyl (C=O) groups is 3. The number of amides is 3. The smallest absolute Gasteiger partial charge is 0.243 e. The van der Waals surface area contributed by atoms with Crippen LogP contribution in [0.2, 0.25) is 10.0 Å². The van der Waals surface area contributed by atoms with Crippen LogP contribution in [0.3, 0.4) is 0 Å². The van der Waals surface area contributed by atoms with E-state index in [0.717, 1.165) is 0 Å². The molecule has 2 aromatic rings. The van der Waals surface area contributed by atoms with Gasteiger partial charge in [0.15, 0.2) is 0 Å². The molecule has 0 spiro atoms. The fourth-order valence-corrected chi connectivity index (χ4v) is 3.32. The minimum atomic E-state index is -1.13. The first-order chi connectivity index (χ1) is 13.7. The summed E-state index contributed by atoms with van der Waals surface area (Å²) in [6, 6.07) is 8.51. The molecule has 0 aliphatic rings. The standard InChI is InChI=1S/C20H20Cl2FN3O3/c1-11(27)25-18(9-12-5-2-3-8-16(12)23)20(29)26-17(19(24)28)10-13-14(21)6-4-7-15(13)22/h2-8,17-18H,9-10H2,1H3,(H2,24,28)(H,25,27)(H,26,29)/t17-,18+/m0/s1. The highest BCUT2D eigenvalue weighted by atomic mass is 35.5. The monoisotopic (exact) mass is 439 g/mol. The average Bonchev–Trinajstić information content (AvgIpc) is 2.64. The summed E-state index contributed by atoms with van der Waals surface area (Å²) in [7, 11) is 0. The number of primary amides is 1. The molecule has 2 rings (SSSR count). The number of halogens is 3. The van der Waals surface area contributed by atoms with Crippen molar-refractivity contribution < 1.29 is 18.8 Å². The van der Waals surface area contributed by atoms with Crippen molar-refractivity contribution in [3.63, 3.8) is 0 Å². The van der Waals surface area contributed by atoms with Crippen molar-refractivity contribution in [1.82, 2.24) is 10.6 Å². The van der Waals surface area contributed by atoms with Crippen molar-refractivity contribution >= 4 is 40.9 Å². The predicted octanol–water partition coefficient (Wildman–Crippen LogP) is 2.39. The van der Waals surface area contributed by atoms with Gasteiger partial charge in [-0.2, -0.15) is 0 Å². The van der Waals surface area contributed by atoms with Crippen LogP contribution in [-0.4, -0.2) is 29.8 Å². The molecular weight excluding hydrogens is 420 g/mol. The number of nitrogens with two attached hydrogens (primary N) is 1. The normalized spacial score (nSPS) is 12.7. The third-order valence-electron chi connectivity index (χ3n) is 4.21. The lowest BCUT2D eigenvalue weighted by molar-refractivity contribution is -0.130. The van der Waals surface area contributed by atoms with E-state index in [4.69, 9.17) is 28.9 Å². The van der Waals surface area contributed by atoms with E-state index in [9.17, 15) is 18.8 Å². The number of hydrogen-bond acceptors (Lipinski definition) is 3. The minimum absolute atomic E-state index is 0.0356. The van der Waals surface area contributed by atoms with Crippen LogP contribution in [0.5, 0.6) is 0 Å². The van der Waals surface area contributed by atoms with Gasteiger partial charge in [-0.15, -0.1) is 0 Å². The SMILES string of the molecule is CC(=O)N[C@H](Cc1ccccc1F)C(=O)N[C@@H](Cc1c(Cl)cccc1Cl)C(N)=O. The Morgan fingerprint density at radius 2 is 1.59 bits per heavy atom. The molecule has 0 aliphatic heterocycles. The van der Waals surface area contributed by atoms with E-state index in [1.165, 1.54) is 25.1 Å². The Morgan fingerprint density at radius 1 is 0.966 bits per heavy atom. The quantitative estimate of drug-likeness (QED) is 0.588. The van der Waals surface area contributed by atoms with E-state index in [0.29, 0.717) is 15.6 Å². The first-order valence-electron chi connectivity index (χ1n) is 8.72. The van der Waals surface area contributed by atoms with E-state index >= 15 is 0 Å². The molecule has 6 nitrogen and oxygen atoms in total. The van der Waals surface area contributed by atoms with Crippen LogP contribution in [0, 0.1) is 5.82 Å². The molecule has 0 radical (unpaired) electrons. The zero-order valence-electron chi connectivity index (χ0n) is 15.5. The fraction of sp³-hybridized carbons (Fsp3) is 0.250. The van der Waals surface area contributed by atoms with E-state index in [2.05, 4.69) is 10.6 Å². The molecule has 2 aromatic carbocycles. The Labute approximate surface area is 177 Å². The number of carbonyl (C=O) groups excluding carboxylic acids is 3. The van der Waals surface area contributed by atoms with Crippen LogP contribution in [0.4, 0.5) is 4.39 Å². The molecule has 0 aliphatic carbocycles. The van der Waals surface area contributed by atoms with E-state index in [1.807, 2.05) is 0 Å². The summed E-state index contributed by atoms with van der Waals surface area (Å²) in [5, 5.41) is 5.61. The van der Waals surface area contributed by atoms with Crippen molar-refractivity contribution in [3.05, 3.63) is 69.5 Å². The second kappa shape index (κ2) is 10.2. The Bertz CT molecular complexity index is 903. The number of hydrogen-bond donors (Lipinski definition) is 3. The molecule has 154 valence electrons. The van der Waals surface area contributed by atoms with Crippen molar-refractivity contribution in [2.45, 2.75) is 31.8 Å². The highest BCUT2D eigenvalue weighted by Gasteiger charge is 2.27. The topological polar surface area (TPSA) is 101 Å². The summed E-state index contributed by atoms with van der Waals surface area (Å²) < 4.78 is 14.0. The van der Waals surface area contributed by atoms with Crippen LogP contribution < -0.4 is 16.4 Å². The zero-order chi connectivity index (χ0) is 21.6. The summed E-state index contributed by atoms with van der Waals surface area (Å²) in [6.07, 6.45) is -0.136. The summed E-state index contributed by atoms with van der Waals surface area (Å²) in [5.41, 5.74) is 6.11. The van der Waals surface area contributed by atoms with Gasteiger partial charge in [-0.25, -0.2) is 4.39 Å². The van der Waals surface area contributed by atoms with Crippen molar-refractivity contribution in [2.75, 3.05) is 0 Å². The lowest BCUT2D eigenvalue weighted by Gasteiger charge is -2.22. The van der Waals surface area contributed by atoms with Gasteiger partial charge < -0.3 is 16.4 Å². The van der Waals surface area contributed by atoms with Crippen LogP contribution >= 0.6 is 23.2 Å². The summed E-state index contributed by atoms with van der Waals surface area (Å²) in [4.78, 5) is 36.2. The molecule has 0 bridgehead atoms. The van der Waals surface area contributed by atoms with Gasteiger partial charge in [0.25, 0.3) is 0 Å². The molecule has 0 unspecified atom stereocenters. The molecule has 3 amide bonds. The van der Waals surface area contributed by atoms with Gasteiger partial charge >= 0.3 is 0 Å². The summed E-state index contributed by atoms with van der Waals surface area (Å²) in [6.45, 7) is 1.23. The fourth-order valence-electron chi connectivity index (χ4n) is 2.77. The summed E-state index contributed by atoms with van der Waals surface area (Å²) in [5.74, 6) is -2.48. The van der Waals surface area contributed by atoms with Gasteiger partial charge in [0.1, 0.15) is 17.9 Å². The Hall–Kier alpha value is -2.64. The lowest BCUT2D eigenvalue weighted by atomic mass is 10.0. The molecule has 0 saturated carbocycles. The van der Waals surface area contributed by atoms with Gasteiger partial charge in [-0.05, 0) is 29.3 Å². The first-order valence-corrected chi connectivity index (χ1v) is 9.47. The van der Waals surface area contributed by atoms with E-state index in [-0.39, 0.29) is 18.4 Å². The van der Waals surface area contributed by atoms with Gasteiger partial charge in [0, 0.05) is 29.8 Å². The molecule has 0 aromatic heterocycles. The Morgan fingerprint density at radius 3 is 2.14 bits per heavy atom. The van der Waals surface area contributed by atoms with Gasteiger partial charge in [0.2, 0.25) is 17.7 Å². The second-order valence-corrected chi connectivity index (χ2v) is 7.23. The number of nitrogens with one attached hydrogen (secondary N) is 2. The second-order valence-electron chi connectivity index (χ2n) is 6.42. The predicted molar refractivity (Wildman–Crippen MR) is 109 cm³/mol. The van der Waals surface area contributed by atoms with Crippen molar-refractivity contribution in [3.8, 4) is 0 Å². The molecule has 4 N–H and O–H groups in total. The van der Waals surface area contributed by atoms with E-state index < -0.39 is 35.6 Å². The van der Waals surface area contributed by atoms with Gasteiger partial charge in [-0.1, -0.05) is 47.5 Å². The maximum absolute atomic E-state index is 14.0. The van der Waals surface area contributed by atoms with E-state index in [1.54, 1.807) is 24.3 Å². The van der Waals surface area contributed by atoms with Crippen LogP contribution in [-0.2, 0) is 27.2 Å². The van der Waals surface area contributed by atoms with Gasteiger partial charge in [0.05, 0.1) is 0 Å². The van der Waals surface area contributed by atoms with Crippen molar-refractivity contribution in [1.29, 1.82) is 0 Å². The maximum Gasteiger partial charge on any atom is 0.243 e. The zero-order valence-corrected chi connectivity index (χ0v) is 17.1. The Balaban J connectivity index is 2.21. The van der Waals surface area contributed by atoms with Crippen LogP contribution in [0.15, 0.2) is 42.5 Å².